The van der Waals surface area contributed by atoms with Crippen molar-refractivity contribution in [3.63, 3.8) is 0 Å². The van der Waals surface area contributed by atoms with Crippen LogP contribution in [-0.2, 0) is 4.74 Å². The van der Waals surface area contributed by atoms with Gasteiger partial charge in [-0.15, -0.1) is 11.3 Å². The lowest BCUT2D eigenvalue weighted by molar-refractivity contribution is 0.0526. The molecule has 1 heterocycles. The minimum Gasteiger partial charge on any atom is -0.461 e. The first-order valence-corrected chi connectivity index (χ1v) is 9.75. The monoisotopic (exact) mass is 455 g/mol. The smallest absolute Gasteiger partial charge is 0.367 e. The van der Waals surface area contributed by atoms with Gasteiger partial charge in [-0.3, -0.25) is 0 Å². The lowest BCUT2D eigenvalue weighted by Gasteiger charge is -2.05. The van der Waals surface area contributed by atoms with Gasteiger partial charge in [-0.1, -0.05) is 57.3 Å². The van der Waals surface area contributed by atoms with E-state index in [1.54, 1.807) is 19.1 Å². The van der Waals surface area contributed by atoms with Gasteiger partial charge in [-0.2, -0.15) is 0 Å². The molecule has 0 aliphatic heterocycles. The summed E-state index contributed by atoms with van der Waals surface area (Å²) in [5, 5.41) is 1.35. The largest absolute Gasteiger partial charge is 0.461 e. The number of carbonyl (C=O) groups is 1. The van der Waals surface area contributed by atoms with E-state index < -0.39 is 5.97 Å². The number of hydrogen-bond acceptors (Lipinski definition) is 4. The molecule has 0 N–H and O–H groups in total. The maximum absolute atomic E-state index is 12.1. The van der Waals surface area contributed by atoms with E-state index in [4.69, 9.17) is 27.9 Å². The van der Waals surface area contributed by atoms with Crippen LogP contribution in [0.15, 0.2) is 46.9 Å². The van der Waals surface area contributed by atoms with Crippen molar-refractivity contribution < 1.29 is 9.53 Å². The lowest BCUT2D eigenvalue weighted by Crippen LogP contribution is -2.03. The van der Waals surface area contributed by atoms with Crippen LogP contribution in [0.25, 0.3) is 21.7 Å². The minimum atomic E-state index is -0.442. The predicted molar refractivity (Wildman–Crippen MR) is 107 cm³/mol. The number of carbonyl (C=O) groups excluding carboxylic acids is 1. The molecule has 0 bridgehead atoms. The van der Waals surface area contributed by atoms with Gasteiger partial charge >= 0.3 is 5.97 Å². The highest BCUT2D eigenvalue weighted by Crippen LogP contribution is 2.41. The van der Waals surface area contributed by atoms with Crippen molar-refractivity contribution in [3.05, 3.63) is 62.0 Å². The van der Waals surface area contributed by atoms with Crippen LogP contribution in [0.3, 0.4) is 0 Å². The van der Waals surface area contributed by atoms with Gasteiger partial charge < -0.3 is 4.74 Å². The van der Waals surface area contributed by atoms with Crippen molar-refractivity contribution in [2.24, 2.45) is 0 Å². The standard InChI is InChI=1S/C18H12BrCl2NO2S/c1-2-24-18(23)17-22-15(10-3-5-11(19)6-4-10)16(25-17)13-8-7-12(20)9-14(13)21/h3-9H,2H2,1H3. The summed E-state index contributed by atoms with van der Waals surface area (Å²) in [6, 6.07) is 13.0. The fourth-order valence-electron chi connectivity index (χ4n) is 2.26. The Labute approximate surface area is 167 Å². The van der Waals surface area contributed by atoms with Gasteiger partial charge in [-0.05, 0) is 31.2 Å². The third-order valence-corrected chi connectivity index (χ3v) is 5.52. The van der Waals surface area contributed by atoms with Crippen LogP contribution in [0.1, 0.15) is 16.7 Å². The van der Waals surface area contributed by atoms with E-state index in [1.807, 2.05) is 30.3 Å². The van der Waals surface area contributed by atoms with E-state index in [0.29, 0.717) is 27.4 Å². The first-order chi connectivity index (χ1) is 12.0. The van der Waals surface area contributed by atoms with Crippen LogP contribution < -0.4 is 0 Å². The van der Waals surface area contributed by atoms with Gasteiger partial charge in [0.1, 0.15) is 0 Å². The topological polar surface area (TPSA) is 39.2 Å². The SMILES string of the molecule is CCOC(=O)c1nc(-c2ccc(Br)cc2)c(-c2ccc(Cl)cc2Cl)s1. The second-order valence-electron chi connectivity index (χ2n) is 5.05. The molecule has 3 nitrogen and oxygen atoms in total. The Morgan fingerprint density at radius 3 is 2.56 bits per heavy atom. The summed E-state index contributed by atoms with van der Waals surface area (Å²) < 4.78 is 6.05. The molecular weight excluding hydrogens is 445 g/mol. The first kappa shape index (κ1) is 18.4. The fourth-order valence-corrected chi connectivity index (χ4v) is 4.10. The van der Waals surface area contributed by atoms with Crippen molar-refractivity contribution in [1.29, 1.82) is 0 Å². The highest BCUT2D eigenvalue weighted by Gasteiger charge is 2.21. The number of halogens is 3. The van der Waals surface area contributed by atoms with Gasteiger partial charge in [0.15, 0.2) is 0 Å². The van der Waals surface area contributed by atoms with E-state index in [1.165, 1.54) is 11.3 Å². The predicted octanol–water partition coefficient (Wildman–Crippen LogP) is 6.72. The van der Waals surface area contributed by atoms with Crippen LogP contribution in [-0.4, -0.2) is 17.6 Å². The summed E-state index contributed by atoms with van der Waals surface area (Å²) in [6.45, 7) is 2.06. The summed E-state index contributed by atoms with van der Waals surface area (Å²) >= 11 is 17.0. The Kier molecular flexibility index (Phi) is 5.79. The number of rotatable bonds is 4. The molecule has 0 aliphatic carbocycles. The maximum Gasteiger partial charge on any atom is 0.367 e. The Bertz CT molecular complexity index is 925. The van der Waals surface area contributed by atoms with Crippen LogP contribution in [0.5, 0.6) is 0 Å². The number of nitrogens with zero attached hydrogens (tertiary/aromatic N) is 1. The Hall–Kier alpha value is -1.40. The van der Waals surface area contributed by atoms with Gasteiger partial charge in [-0.25, -0.2) is 9.78 Å². The summed E-state index contributed by atoms with van der Waals surface area (Å²) in [5.41, 5.74) is 2.35. The molecule has 0 aliphatic rings. The van der Waals surface area contributed by atoms with Crippen LogP contribution >= 0.6 is 50.5 Å². The molecule has 0 unspecified atom stereocenters. The first-order valence-electron chi connectivity index (χ1n) is 7.39. The number of aromatic nitrogens is 1. The second kappa shape index (κ2) is 7.87. The number of thiazole rings is 1. The van der Waals surface area contributed by atoms with Crippen molar-refractivity contribution in [2.75, 3.05) is 6.61 Å². The van der Waals surface area contributed by atoms with Crippen LogP contribution in [0, 0.1) is 0 Å². The molecule has 0 atom stereocenters. The van der Waals surface area contributed by atoms with Crippen molar-refractivity contribution in [1.82, 2.24) is 4.98 Å². The molecule has 3 rings (SSSR count). The van der Waals surface area contributed by atoms with Gasteiger partial charge in [0.05, 0.1) is 22.2 Å². The maximum atomic E-state index is 12.1. The summed E-state index contributed by atoms with van der Waals surface area (Å²) in [5.74, 6) is -0.442. The van der Waals surface area contributed by atoms with Gasteiger partial charge in [0.2, 0.25) is 5.01 Å². The number of benzene rings is 2. The van der Waals surface area contributed by atoms with E-state index in [2.05, 4.69) is 20.9 Å². The lowest BCUT2D eigenvalue weighted by atomic mass is 10.1. The summed E-state index contributed by atoms with van der Waals surface area (Å²) in [4.78, 5) is 17.4. The Morgan fingerprint density at radius 2 is 1.92 bits per heavy atom. The molecule has 7 heteroatoms. The van der Waals surface area contributed by atoms with E-state index in [0.717, 1.165) is 20.5 Å². The second-order valence-corrected chi connectivity index (χ2v) is 7.81. The molecule has 0 fully saturated rings. The molecule has 1 aromatic heterocycles. The highest BCUT2D eigenvalue weighted by molar-refractivity contribution is 9.10. The molecule has 0 spiro atoms. The molecule has 0 amide bonds. The van der Waals surface area contributed by atoms with Crippen molar-refractivity contribution >= 4 is 56.4 Å². The van der Waals surface area contributed by atoms with Crippen LogP contribution in [0.4, 0.5) is 0 Å². The summed E-state index contributed by atoms with van der Waals surface area (Å²) in [6.07, 6.45) is 0. The molecule has 0 radical (unpaired) electrons. The molecule has 2 aromatic carbocycles. The quantitative estimate of drug-likeness (QED) is 0.409. The van der Waals surface area contributed by atoms with E-state index in [-0.39, 0.29) is 0 Å². The number of ether oxygens (including phenoxy) is 1. The van der Waals surface area contributed by atoms with E-state index >= 15 is 0 Å². The van der Waals surface area contributed by atoms with Gasteiger partial charge in [0, 0.05) is 20.6 Å². The zero-order chi connectivity index (χ0) is 18.0. The molecule has 0 saturated carbocycles. The minimum absolute atomic E-state index is 0.292. The number of hydrogen-bond donors (Lipinski definition) is 0. The van der Waals surface area contributed by atoms with Crippen molar-refractivity contribution in [3.8, 4) is 21.7 Å². The normalized spacial score (nSPS) is 10.7. The molecule has 128 valence electrons. The fraction of sp³-hybridized carbons (Fsp3) is 0.111. The number of esters is 1. The molecule has 0 saturated heterocycles. The molecular formula is C18H12BrCl2NO2S. The average Bonchev–Trinajstić information content (AvgIpc) is 3.01. The van der Waals surface area contributed by atoms with Gasteiger partial charge in [0.25, 0.3) is 0 Å². The summed E-state index contributed by atoms with van der Waals surface area (Å²) in [7, 11) is 0. The molecule has 3 aromatic rings. The van der Waals surface area contributed by atoms with Crippen LogP contribution in [0.2, 0.25) is 10.0 Å². The highest BCUT2D eigenvalue weighted by atomic mass is 79.9. The zero-order valence-electron chi connectivity index (χ0n) is 13.1. The average molecular weight is 457 g/mol. The Morgan fingerprint density at radius 1 is 1.20 bits per heavy atom. The van der Waals surface area contributed by atoms with Crippen molar-refractivity contribution in [2.45, 2.75) is 6.92 Å². The molecule has 25 heavy (non-hydrogen) atoms. The Balaban J connectivity index is 2.17. The zero-order valence-corrected chi connectivity index (χ0v) is 17.0. The van der Waals surface area contributed by atoms with E-state index in [9.17, 15) is 4.79 Å². The third kappa shape index (κ3) is 4.06. The third-order valence-electron chi connectivity index (χ3n) is 3.37.